The van der Waals surface area contributed by atoms with Gasteiger partial charge in [-0.2, -0.15) is 0 Å². The Balaban J connectivity index is 1.72. The van der Waals surface area contributed by atoms with Crippen molar-refractivity contribution in [1.82, 2.24) is 10.3 Å². The zero-order valence-corrected chi connectivity index (χ0v) is 17.7. The summed E-state index contributed by atoms with van der Waals surface area (Å²) >= 11 is 0. The van der Waals surface area contributed by atoms with Gasteiger partial charge in [0, 0.05) is 11.5 Å². The standard InChI is InChI=1S/C23H32N2O4/c1-22(2,3)16-6-9-18(10-7-16)29-20-12-5-15-13-17(8-11-19(15)24-20)23(4,14-26)25-21(27)28/h5,8,11-13,16,18,25-26H,6-7,9-10,14H2,1-4H3,(H,27,28)/t16?,18?,23-/m0/s1. The number of aromatic nitrogens is 1. The van der Waals surface area contributed by atoms with Crippen LogP contribution in [0.25, 0.3) is 10.9 Å². The largest absolute Gasteiger partial charge is 0.474 e. The molecule has 29 heavy (non-hydrogen) atoms. The summed E-state index contributed by atoms with van der Waals surface area (Å²) in [5, 5.41) is 22.0. The average Bonchev–Trinajstić information content (AvgIpc) is 2.66. The predicted octanol–water partition coefficient (Wildman–Crippen LogP) is 4.69. The highest BCUT2D eigenvalue weighted by Crippen LogP contribution is 2.38. The molecule has 1 amide bonds. The summed E-state index contributed by atoms with van der Waals surface area (Å²) < 4.78 is 6.15. The Bertz CT molecular complexity index is 869. The number of hydrogen-bond acceptors (Lipinski definition) is 4. The first-order valence-corrected chi connectivity index (χ1v) is 10.3. The SMILES string of the molecule is CC(C)(C)C1CCC(Oc2ccc3cc([C@](C)(CO)NC(=O)O)ccc3n2)CC1. The van der Waals surface area contributed by atoms with Gasteiger partial charge < -0.3 is 20.3 Å². The lowest BCUT2D eigenvalue weighted by Crippen LogP contribution is -2.45. The first-order valence-electron chi connectivity index (χ1n) is 10.3. The molecule has 3 rings (SSSR count). The third-order valence-electron chi connectivity index (χ3n) is 6.19. The normalized spacial score (nSPS) is 22.1. The smallest absolute Gasteiger partial charge is 0.405 e. The van der Waals surface area contributed by atoms with E-state index < -0.39 is 11.6 Å². The maximum atomic E-state index is 11.1. The van der Waals surface area contributed by atoms with Gasteiger partial charge in [-0.25, -0.2) is 9.78 Å². The van der Waals surface area contributed by atoms with Crippen molar-refractivity contribution in [3.63, 3.8) is 0 Å². The lowest BCUT2D eigenvalue weighted by molar-refractivity contribution is 0.0854. The van der Waals surface area contributed by atoms with Crippen LogP contribution in [0.5, 0.6) is 5.88 Å². The van der Waals surface area contributed by atoms with Gasteiger partial charge in [0.05, 0.1) is 17.7 Å². The lowest BCUT2D eigenvalue weighted by Gasteiger charge is -2.36. The van der Waals surface area contributed by atoms with Gasteiger partial charge in [0.1, 0.15) is 6.10 Å². The molecule has 1 heterocycles. The van der Waals surface area contributed by atoms with Gasteiger partial charge >= 0.3 is 6.09 Å². The zero-order valence-electron chi connectivity index (χ0n) is 17.7. The van der Waals surface area contributed by atoms with Crippen LogP contribution >= 0.6 is 0 Å². The second-order valence-electron chi connectivity index (χ2n) is 9.43. The molecule has 0 bridgehead atoms. The van der Waals surface area contributed by atoms with Crippen LogP contribution < -0.4 is 10.1 Å². The molecule has 0 aliphatic heterocycles. The van der Waals surface area contributed by atoms with E-state index in [-0.39, 0.29) is 12.7 Å². The molecule has 1 aromatic heterocycles. The Labute approximate surface area is 172 Å². The van der Waals surface area contributed by atoms with Crippen LogP contribution in [0.1, 0.15) is 58.9 Å². The number of amides is 1. The fourth-order valence-corrected chi connectivity index (χ4v) is 4.17. The molecule has 1 aromatic carbocycles. The molecule has 0 saturated heterocycles. The first kappa shape index (κ1) is 21.4. The van der Waals surface area contributed by atoms with E-state index >= 15 is 0 Å². The van der Waals surface area contributed by atoms with Crippen LogP contribution in [0, 0.1) is 11.3 Å². The summed E-state index contributed by atoms with van der Waals surface area (Å²) in [4.78, 5) is 15.7. The molecule has 3 N–H and O–H groups in total. The minimum absolute atomic E-state index is 0.204. The highest BCUT2D eigenvalue weighted by Gasteiger charge is 2.31. The number of hydrogen-bond donors (Lipinski definition) is 3. The van der Waals surface area contributed by atoms with Crippen LogP contribution in [0.2, 0.25) is 0 Å². The fraction of sp³-hybridized carbons (Fsp3) is 0.565. The van der Waals surface area contributed by atoms with Gasteiger partial charge in [-0.15, -0.1) is 0 Å². The molecule has 6 nitrogen and oxygen atoms in total. The molecule has 158 valence electrons. The van der Waals surface area contributed by atoms with Crippen molar-refractivity contribution in [1.29, 1.82) is 0 Å². The van der Waals surface area contributed by atoms with Crippen molar-refractivity contribution in [3.05, 3.63) is 35.9 Å². The number of rotatable bonds is 5. The number of carboxylic acid groups (broad SMARTS) is 1. The minimum atomic E-state index is -1.18. The lowest BCUT2D eigenvalue weighted by atomic mass is 9.72. The van der Waals surface area contributed by atoms with E-state index in [0.717, 1.165) is 29.7 Å². The number of fused-ring (bicyclic) bond motifs is 1. The Morgan fingerprint density at radius 3 is 2.41 bits per heavy atom. The van der Waals surface area contributed by atoms with Crippen LogP contribution in [-0.4, -0.2) is 34.0 Å². The zero-order chi connectivity index (χ0) is 21.2. The molecule has 1 atom stereocenters. The topological polar surface area (TPSA) is 91.7 Å². The van der Waals surface area contributed by atoms with E-state index in [0.29, 0.717) is 16.9 Å². The molecule has 1 aliphatic carbocycles. The number of carbonyl (C=O) groups is 1. The number of aliphatic hydroxyl groups is 1. The summed E-state index contributed by atoms with van der Waals surface area (Å²) in [6.07, 6.45) is 3.50. The van der Waals surface area contributed by atoms with E-state index in [4.69, 9.17) is 9.84 Å². The molecule has 0 spiro atoms. The second kappa shape index (κ2) is 8.19. The van der Waals surface area contributed by atoms with Crippen molar-refractivity contribution in [3.8, 4) is 5.88 Å². The summed E-state index contributed by atoms with van der Waals surface area (Å²) in [6.45, 7) is 8.25. The average molecular weight is 401 g/mol. The number of aliphatic hydroxyl groups excluding tert-OH is 1. The molecule has 2 aromatic rings. The number of nitrogens with one attached hydrogen (secondary N) is 1. The maximum absolute atomic E-state index is 11.1. The van der Waals surface area contributed by atoms with Crippen LogP contribution in [0.4, 0.5) is 4.79 Å². The van der Waals surface area contributed by atoms with Gasteiger partial charge in [0.2, 0.25) is 5.88 Å². The maximum Gasteiger partial charge on any atom is 0.405 e. The number of nitrogens with zero attached hydrogens (tertiary/aromatic N) is 1. The summed E-state index contributed by atoms with van der Waals surface area (Å²) in [6, 6.07) is 9.28. The number of benzene rings is 1. The van der Waals surface area contributed by atoms with Crippen LogP contribution in [0.15, 0.2) is 30.3 Å². The van der Waals surface area contributed by atoms with E-state index in [1.54, 1.807) is 13.0 Å². The van der Waals surface area contributed by atoms with Crippen molar-refractivity contribution in [2.75, 3.05) is 6.61 Å². The first-order chi connectivity index (χ1) is 13.6. The van der Waals surface area contributed by atoms with Gasteiger partial charge in [0.25, 0.3) is 0 Å². The Kier molecular flexibility index (Phi) is 6.03. The van der Waals surface area contributed by atoms with Gasteiger partial charge in [-0.05, 0) is 67.7 Å². The summed E-state index contributed by atoms with van der Waals surface area (Å²) in [7, 11) is 0. The predicted molar refractivity (Wildman–Crippen MR) is 113 cm³/mol. The van der Waals surface area contributed by atoms with E-state index in [9.17, 15) is 9.90 Å². The Morgan fingerprint density at radius 2 is 1.83 bits per heavy atom. The van der Waals surface area contributed by atoms with E-state index in [1.807, 2.05) is 24.3 Å². The third-order valence-corrected chi connectivity index (χ3v) is 6.19. The number of pyridine rings is 1. The highest BCUT2D eigenvalue weighted by molar-refractivity contribution is 5.80. The molecule has 1 saturated carbocycles. The van der Waals surface area contributed by atoms with E-state index in [1.165, 1.54) is 12.8 Å². The van der Waals surface area contributed by atoms with Crippen LogP contribution in [-0.2, 0) is 5.54 Å². The van der Waals surface area contributed by atoms with Crippen LogP contribution in [0.3, 0.4) is 0 Å². The third kappa shape index (κ3) is 4.99. The highest BCUT2D eigenvalue weighted by atomic mass is 16.5. The Hall–Kier alpha value is -2.34. The van der Waals surface area contributed by atoms with Gasteiger partial charge in [-0.1, -0.05) is 26.8 Å². The molecule has 1 aliphatic rings. The molecular weight excluding hydrogens is 368 g/mol. The molecular formula is C23H32N2O4. The summed E-state index contributed by atoms with van der Waals surface area (Å²) in [5.74, 6) is 1.36. The molecule has 0 radical (unpaired) electrons. The van der Waals surface area contributed by atoms with Crippen molar-refractivity contribution in [2.45, 2.75) is 65.0 Å². The van der Waals surface area contributed by atoms with E-state index in [2.05, 4.69) is 31.1 Å². The van der Waals surface area contributed by atoms with Gasteiger partial charge in [-0.3, -0.25) is 0 Å². The molecule has 0 unspecified atom stereocenters. The minimum Gasteiger partial charge on any atom is -0.474 e. The fourth-order valence-electron chi connectivity index (χ4n) is 4.17. The summed E-state index contributed by atoms with van der Waals surface area (Å²) in [5.41, 5.74) is 0.750. The quantitative estimate of drug-likeness (QED) is 0.677. The van der Waals surface area contributed by atoms with Gasteiger partial charge in [0.15, 0.2) is 0 Å². The second-order valence-corrected chi connectivity index (χ2v) is 9.43. The molecule has 6 heteroatoms. The van der Waals surface area contributed by atoms with Crippen molar-refractivity contribution in [2.24, 2.45) is 11.3 Å². The van der Waals surface area contributed by atoms with Crippen molar-refractivity contribution >= 4 is 17.0 Å². The monoisotopic (exact) mass is 400 g/mol. The Morgan fingerprint density at radius 1 is 1.14 bits per heavy atom. The van der Waals surface area contributed by atoms with Crippen molar-refractivity contribution < 1.29 is 19.7 Å². The molecule has 1 fully saturated rings. The number of ether oxygens (including phenoxy) is 1.